The largest absolute Gasteiger partial charge is 0.484 e. The molecule has 0 spiro atoms. The molecule has 20 heavy (non-hydrogen) atoms. The minimum absolute atomic E-state index is 0.0459. The van der Waals surface area contributed by atoms with Crippen LogP contribution in [0.5, 0.6) is 5.75 Å². The molecule has 0 bridgehead atoms. The first-order valence-corrected chi connectivity index (χ1v) is 6.16. The first-order valence-electron chi connectivity index (χ1n) is 6.16. The topological polar surface area (TPSA) is 82.2 Å². The maximum atomic E-state index is 11.0. The zero-order valence-electron chi connectivity index (χ0n) is 11.5. The Morgan fingerprint density at radius 2 is 2.15 bits per heavy atom. The van der Waals surface area contributed by atoms with E-state index in [9.17, 15) is 10.1 Å². The Hall–Kier alpha value is -2.57. The van der Waals surface area contributed by atoms with Gasteiger partial charge in [-0.1, -0.05) is 0 Å². The number of hydrogen-bond donors (Lipinski definition) is 1. The number of ether oxygens (including phenoxy) is 1. The summed E-state index contributed by atoms with van der Waals surface area (Å²) < 4.78 is 7.15. The molecule has 7 nitrogen and oxygen atoms in total. The van der Waals surface area contributed by atoms with Gasteiger partial charge in [0, 0.05) is 31.1 Å². The van der Waals surface area contributed by atoms with Gasteiger partial charge in [0.1, 0.15) is 0 Å². The van der Waals surface area contributed by atoms with Gasteiger partial charge in [-0.2, -0.15) is 5.10 Å². The van der Waals surface area contributed by atoms with Gasteiger partial charge in [0.2, 0.25) is 0 Å². The molecule has 0 unspecified atom stereocenters. The van der Waals surface area contributed by atoms with Crippen molar-refractivity contribution in [2.45, 2.75) is 20.0 Å². The van der Waals surface area contributed by atoms with E-state index in [1.165, 1.54) is 6.07 Å². The average molecular weight is 276 g/mol. The number of aryl methyl sites for hydroxylation is 1. The summed E-state index contributed by atoms with van der Waals surface area (Å²) in [6.07, 6.45) is 3.34. The van der Waals surface area contributed by atoms with Crippen LogP contribution in [0.15, 0.2) is 30.6 Å². The van der Waals surface area contributed by atoms with Crippen molar-refractivity contribution >= 4 is 17.1 Å². The highest BCUT2D eigenvalue weighted by atomic mass is 16.6. The standard InChI is InChI=1S/C13H16N4O3/c1-9(2)20-13-6-10(4-5-12(13)17(18)19)15-11-7-14-16(3)8-11/h4-9,15H,1-3H3. The fraction of sp³-hybridized carbons (Fsp3) is 0.308. The van der Waals surface area contributed by atoms with Crippen LogP contribution in [-0.4, -0.2) is 20.8 Å². The van der Waals surface area contributed by atoms with E-state index in [0.717, 1.165) is 5.69 Å². The summed E-state index contributed by atoms with van der Waals surface area (Å²) in [5, 5.41) is 18.1. The Morgan fingerprint density at radius 1 is 1.40 bits per heavy atom. The van der Waals surface area contributed by atoms with Gasteiger partial charge in [-0.25, -0.2) is 0 Å². The van der Waals surface area contributed by atoms with E-state index in [1.54, 1.807) is 23.0 Å². The third kappa shape index (κ3) is 3.25. The van der Waals surface area contributed by atoms with E-state index in [2.05, 4.69) is 10.4 Å². The lowest BCUT2D eigenvalue weighted by Crippen LogP contribution is -2.07. The van der Waals surface area contributed by atoms with Crippen LogP contribution >= 0.6 is 0 Å². The number of nitrogens with one attached hydrogen (secondary N) is 1. The summed E-state index contributed by atoms with van der Waals surface area (Å²) in [6, 6.07) is 4.68. The van der Waals surface area contributed by atoms with Crippen LogP contribution in [0.4, 0.5) is 17.1 Å². The number of nitrogens with zero attached hydrogens (tertiary/aromatic N) is 3. The number of hydrogen-bond acceptors (Lipinski definition) is 5. The summed E-state index contributed by atoms with van der Waals surface area (Å²) in [5.74, 6) is 0.249. The van der Waals surface area contributed by atoms with Gasteiger partial charge >= 0.3 is 5.69 Å². The number of nitro benzene ring substituents is 1. The van der Waals surface area contributed by atoms with Crippen molar-refractivity contribution in [1.82, 2.24) is 9.78 Å². The van der Waals surface area contributed by atoms with Crippen LogP contribution in [0.3, 0.4) is 0 Å². The molecule has 106 valence electrons. The number of nitro groups is 1. The average Bonchev–Trinajstić information content (AvgIpc) is 2.73. The lowest BCUT2D eigenvalue weighted by atomic mass is 10.2. The van der Waals surface area contributed by atoms with Crippen LogP contribution in [0.1, 0.15) is 13.8 Å². The van der Waals surface area contributed by atoms with Gasteiger partial charge in [-0.05, 0) is 19.9 Å². The van der Waals surface area contributed by atoms with Crippen LogP contribution < -0.4 is 10.1 Å². The van der Waals surface area contributed by atoms with Crippen molar-refractivity contribution in [3.8, 4) is 5.75 Å². The minimum atomic E-state index is -0.453. The summed E-state index contributed by atoms with van der Waals surface area (Å²) in [5.41, 5.74) is 1.46. The van der Waals surface area contributed by atoms with Crippen molar-refractivity contribution in [3.05, 3.63) is 40.7 Å². The van der Waals surface area contributed by atoms with E-state index in [-0.39, 0.29) is 17.5 Å². The highest BCUT2D eigenvalue weighted by molar-refractivity contribution is 5.64. The molecule has 0 atom stereocenters. The van der Waals surface area contributed by atoms with Crippen molar-refractivity contribution in [1.29, 1.82) is 0 Å². The molecule has 0 aliphatic heterocycles. The highest BCUT2D eigenvalue weighted by Gasteiger charge is 2.16. The fourth-order valence-electron chi connectivity index (χ4n) is 1.74. The minimum Gasteiger partial charge on any atom is -0.484 e. The number of anilines is 2. The monoisotopic (exact) mass is 276 g/mol. The molecule has 1 heterocycles. The maximum absolute atomic E-state index is 11.0. The number of rotatable bonds is 5. The molecule has 2 rings (SSSR count). The smallest absolute Gasteiger partial charge is 0.311 e. The van der Waals surface area contributed by atoms with Crippen molar-refractivity contribution in [3.63, 3.8) is 0 Å². The Labute approximate surface area is 116 Å². The molecule has 0 saturated heterocycles. The number of aromatic nitrogens is 2. The number of benzene rings is 1. The molecule has 0 fully saturated rings. The Morgan fingerprint density at radius 3 is 2.70 bits per heavy atom. The first-order chi connectivity index (χ1) is 9.45. The maximum Gasteiger partial charge on any atom is 0.311 e. The van der Waals surface area contributed by atoms with E-state index in [4.69, 9.17) is 4.74 Å². The van der Waals surface area contributed by atoms with Gasteiger partial charge in [-0.3, -0.25) is 14.8 Å². The van der Waals surface area contributed by atoms with Crippen LogP contribution in [0.2, 0.25) is 0 Å². The van der Waals surface area contributed by atoms with Gasteiger partial charge in [0.05, 0.1) is 22.9 Å². The Balaban J connectivity index is 2.28. The first kappa shape index (κ1) is 13.9. The third-order valence-electron chi connectivity index (χ3n) is 2.51. The molecule has 7 heteroatoms. The lowest BCUT2D eigenvalue weighted by Gasteiger charge is -2.11. The second-order valence-electron chi connectivity index (χ2n) is 4.63. The summed E-state index contributed by atoms with van der Waals surface area (Å²) in [6.45, 7) is 3.65. The Bertz CT molecular complexity index is 622. The molecule has 1 aromatic heterocycles. The SMILES string of the molecule is CC(C)Oc1cc(Nc2cnn(C)c2)ccc1[N+](=O)[O-]. The van der Waals surface area contributed by atoms with Gasteiger partial charge in [0.15, 0.2) is 5.75 Å². The zero-order valence-corrected chi connectivity index (χ0v) is 11.5. The Kier molecular flexibility index (Phi) is 3.88. The normalized spacial score (nSPS) is 10.6. The molecule has 0 radical (unpaired) electrons. The molecular weight excluding hydrogens is 260 g/mol. The molecule has 0 amide bonds. The van der Waals surface area contributed by atoms with Crippen molar-refractivity contribution in [2.24, 2.45) is 7.05 Å². The second-order valence-corrected chi connectivity index (χ2v) is 4.63. The molecule has 0 aliphatic carbocycles. The summed E-state index contributed by atoms with van der Waals surface area (Å²) in [7, 11) is 1.81. The highest BCUT2D eigenvalue weighted by Crippen LogP contribution is 2.32. The zero-order chi connectivity index (χ0) is 14.7. The summed E-state index contributed by atoms with van der Waals surface area (Å²) in [4.78, 5) is 10.5. The molecular formula is C13H16N4O3. The van der Waals surface area contributed by atoms with Gasteiger partial charge < -0.3 is 10.1 Å². The second kappa shape index (κ2) is 5.60. The summed E-state index contributed by atoms with van der Waals surface area (Å²) >= 11 is 0. The van der Waals surface area contributed by atoms with Crippen molar-refractivity contribution in [2.75, 3.05) is 5.32 Å². The fourth-order valence-corrected chi connectivity index (χ4v) is 1.74. The van der Waals surface area contributed by atoms with Crippen LogP contribution in [0, 0.1) is 10.1 Å². The van der Waals surface area contributed by atoms with Gasteiger partial charge in [-0.15, -0.1) is 0 Å². The predicted octanol–water partition coefficient (Wildman–Crippen LogP) is 2.86. The predicted molar refractivity (Wildman–Crippen MR) is 75.4 cm³/mol. The molecule has 0 saturated carbocycles. The molecule has 1 N–H and O–H groups in total. The van der Waals surface area contributed by atoms with E-state index < -0.39 is 4.92 Å². The molecule has 0 aliphatic rings. The molecule has 2 aromatic rings. The van der Waals surface area contributed by atoms with Gasteiger partial charge in [0.25, 0.3) is 0 Å². The van der Waals surface area contributed by atoms with E-state index in [0.29, 0.717) is 5.69 Å². The van der Waals surface area contributed by atoms with E-state index >= 15 is 0 Å². The van der Waals surface area contributed by atoms with Crippen LogP contribution in [0.25, 0.3) is 0 Å². The quantitative estimate of drug-likeness (QED) is 0.670. The molecule has 1 aromatic carbocycles. The van der Waals surface area contributed by atoms with Crippen molar-refractivity contribution < 1.29 is 9.66 Å². The lowest BCUT2D eigenvalue weighted by molar-refractivity contribution is -0.386. The van der Waals surface area contributed by atoms with E-state index in [1.807, 2.05) is 27.1 Å². The third-order valence-corrected chi connectivity index (χ3v) is 2.51. The van der Waals surface area contributed by atoms with Crippen LogP contribution in [-0.2, 0) is 7.05 Å².